The summed E-state index contributed by atoms with van der Waals surface area (Å²) in [5, 5.41) is 0.526. The minimum absolute atomic E-state index is 0.0243. The highest BCUT2D eigenvalue weighted by atomic mass is 79.9. The molecule has 0 bridgehead atoms. The molecule has 1 aromatic carbocycles. The number of aryl methyl sites for hydroxylation is 1. The maximum Gasteiger partial charge on any atom is 0.310 e. The zero-order valence-electron chi connectivity index (χ0n) is 8.64. The summed E-state index contributed by atoms with van der Waals surface area (Å²) < 4.78 is 18.1. The molecule has 0 atom stereocenters. The average molecular weight is 275 g/mol. The van der Waals surface area contributed by atoms with E-state index in [2.05, 4.69) is 20.7 Å². The molecule has 0 aromatic heterocycles. The summed E-state index contributed by atoms with van der Waals surface area (Å²) in [6, 6.07) is 3.28. The van der Waals surface area contributed by atoms with Gasteiger partial charge in [0.2, 0.25) is 0 Å². The molecule has 0 unspecified atom stereocenters. The number of esters is 1. The molecular weight excluding hydrogens is 263 g/mol. The summed E-state index contributed by atoms with van der Waals surface area (Å²) in [5.41, 5.74) is 2.04. The number of methoxy groups -OCH3 is 1. The Kier molecular flexibility index (Phi) is 4.27. The SMILES string of the molecule is COC(=O)Cc1c(F)cc(C)cc1CBr. The van der Waals surface area contributed by atoms with Gasteiger partial charge < -0.3 is 4.74 Å². The summed E-state index contributed by atoms with van der Waals surface area (Å²) in [6.07, 6.45) is -0.0243. The molecule has 0 saturated heterocycles. The lowest BCUT2D eigenvalue weighted by Gasteiger charge is -2.08. The molecule has 0 heterocycles. The smallest absolute Gasteiger partial charge is 0.310 e. The van der Waals surface area contributed by atoms with Crippen LogP contribution in [-0.2, 0) is 21.3 Å². The Morgan fingerprint density at radius 1 is 1.53 bits per heavy atom. The van der Waals surface area contributed by atoms with Crippen LogP contribution in [-0.4, -0.2) is 13.1 Å². The first-order valence-electron chi connectivity index (χ1n) is 4.49. The van der Waals surface area contributed by atoms with Crippen molar-refractivity contribution < 1.29 is 13.9 Å². The maximum atomic E-state index is 13.6. The molecule has 0 N–H and O–H groups in total. The second-order valence-corrected chi connectivity index (χ2v) is 3.83. The van der Waals surface area contributed by atoms with Crippen molar-refractivity contribution in [3.63, 3.8) is 0 Å². The number of hydrogen-bond acceptors (Lipinski definition) is 2. The number of alkyl halides is 1. The van der Waals surface area contributed by atoms with E-state index in [0.717, 1.165) is 11.1 Å². The van der Waals surface area contributed by atoms with E-state index in [1.165, 1.54) is 13.2 Å². The topological polar surface area (TPSA) is 26.3 Å². The van der Waals surface area contributed by atoms with Crippen molar-refractivity contribution in [2.45, 2.75) is 18.7 Å². The third-order valence-corrected chi connectivity index (χ3v) is 2.73. The van der Waals surface area contributed by atoms with Crippen LogP contribution in [0, 0.1) is 12.7 Å². The minimum atomic E-state index is -0.431. The summed E-state index contributed by atoms with van der Waals surface area (Å²) in [4.78, 5) is 11.1. The van der Waals surface area contributed by atoms with E-state index in [1.807, 2.05) is 13.0 Å². The summed E-state index contributed by atoms with van der Waals surface area (Å²) in [7, 11) is 1.29. The van der Waals surface area contributed by atoms with Crippen molar-refractivity contribution in [1.29, 1.82) is 0 Å². The third kappa shape index (κ3) is 3.02. The van der Waals surface area contributed by atoms with Crippen molar-refractivity contribution >= 4 is 21.9 Å². The highest BCUT2D eigenvalue weighted by Crippen LogP contribution is 2.19. The van der Waals surface area contributed by atoms with Crippen LogP contribution >= 0.6 is 15.9 Å². The maximum absolute atomic E-state index is 13.6. The Morgan fingerprint density at radius 2 is 2.20 bits per heavy atom. The molecule has 0 saturated carbocycles. The van der Waals surface area contributed by atoms with Crippen LogP contribution < -0.4 is 0 Å². The fourth-order valence-electron chi connectivity index (χ4n) is 1.38. The van der Waals surface area contributed by atoms with Gasteiger partial charge in [0.1, 0.15) is 5.82 Å². The summed E-state index contributed by atoms with van der Waals surface area (Å²) >= 11 is 3.27. The molecule has 0 aliphatic rings. The molecule has 0 aliphatic carbocycles. The number of benzene rings is 1. The van der Waals surface area contributed by atoms with Gasteiger partial charge in [0.25, 0.3) is 0 Å². The molecule has 0 aliphatic heterocycles. The number of hydrogen-bond donors (Lipinski definition) is 0. The van der Waals surface area contributed by atoms with Crippen molar-refractivity contribution in [1.82, 2.24) is 0 Å². The molecule has 0 amide bonds. The number of carbonyl (C=O) groups is 1. The average Bonchev–Trinajstić information content (AvgIpc) is 2.21. The van der Waals surface area contributed by atoms with Gasteiger partial charge >= 0.3 is 5.97 Å². The Labute approximate surface area is 96.6 Å². The van der Waals surface area contributed by atoms with E-state index in [-0.39, 0.29) is 12.2 Å². The lowest BCUT2D eigenvalue weighted by molar-refractivity contribution is -0.139. The molecule has 2 nitrogen and oxygen atoms in total. The van der Waals surface area contributed by atoms with Gasteiger partial charge in [0.15, 0.2) is 0 Å². The van der Waals surface area contributed by atoms with E-state index < -0.39 is 5.97 Å². The number of rotatable bonds is 3. The van der Waals surface area contributed by atoms with Gasteiger partial charge in [0, 0.05) is 10.9 Å². The van der Waals surface area contributed by atoms with Crippen LogP contribution in [0.1, 0.15) is 16.7 Å². The van der Waals surface area contributed by atoms with Crippen LogP contribution in [0.5, 0.6) is 0 Å². The normalized spacial score (nSPS) is 10.1. The molecule has 4 heteroatoms. The van der Waals surface area contributed by atoms with E-state index in [4.69, 9.17) is 0 Å². The van der Waals surface area contributed by atoms with Gasteiger partial charge in [-0.15, -0.1) is 0 Å². The first-order valence-corrected chi connectivity index (χ1v) is 5.61. The number of carbonyl (C=O) groups excluding carboxylic acids is 1. The van der Waals surface area contributed by atoms with Crippen LogP contribution in [0.4, 0.5) is 4.39 Å². The molecular formula is C11H12BrFO2. The Bertz CT molecular complexity index is 377. The predicted molar refractivity (Wildman–Crippen MR) is 59.5 cm³/mol. The van der Waals surface area contributed by atoms with Gasteiger partial charge in [-0.25, -0.2) is 4.39 Å². The first-order chi connectivity index (χ1) is 7.08. The van der Waals surface area contributed by atoms with Gasteiger partial charge in [0.05, 0.1) is 13.5 Å². The van der Waals surface area contributed by atoms with Crippen molar-refractivity contribution in [2.24, 2.45) is 0 Å². The second kappa shape index (κ2) is 5.26. The fraction of sp³-hybridized carbons (Fsp3) is 0.364. The monoisotopic (exact) mass is 274 g/mol. The van der Waals surface area contributed by atoms with Gasteiger partial charge in [-0.3, -0.25) is 4.79 Å². The Balaban J connectivity index is 3.09. The standard InChI is InChI=1S/C11H12BrFO2/c1-7-3-8(6-12)9(10(13)4-7)5-11(14)15-2/h3-4H,5-6H2,1-2H3. The largest absolute Gasteiger partial charge is 0.469 e. The summed E-state index contributed by atoms with van der Waals surface area (Å²) in [6.45, 7) is 1.82. The van der Waals surface area contributed by atoms with Crippen molar-refractivity contribution in [3.8, 4) is 0 Å². The predicted octanol–water partition coefficient (Wildman–Crippen LogP) is 2.74. The van der Waals surface area contributed by atoms with Crippen LogP contribution in [0.2, 0.25) is 0 Å². The van der Waals surface area contributed by atoms with Crippen LogP contribution in [0.3, 0.4) is 0 Å². The molecule has 1 aromatic rings. The van der Waals surface area contributed by atoms with Gasteiger partial charge in [-0.05, 0) is 24.1 Å². The second-order valence-electron chi connectivity index (χ2n) is 3.27. The Morgan fingerprint density at radius 3 is 2.73 bits per heavy atom. The molecule has 0 radical (unpaired) electrons. The summed E-state index contributed by atoms with van der Waals surface area (Å²) in [5.74, 6) is -0.783. The van der Waals surface area contributed by atoms with Crippen LogP contribution in [0.15, 0.2) is 12.1 Å². The van der Waals surface area contributed by atoms with Gasteiger partial charge in [-0.2, -0.15) is 0 Å². The molecule has 0 spiro atoms. The fourth-order valence-corrected chi connectivity index (χ4v) is 1.88. The highest BCUT2D eigenvalue weighted by Gasteiger charge is 2.13. The van der Waals surface area contributed by atoms with E-state index in [9.17, 15) is 9.18 Å². The quantitative estimate of drug-likeness (QED) is 0.626. The van der Waals surface area contributed by atoms with E-state index in [0.29, 0.717) is 10.9 Å². The highest BCUT2D eigenvalue weighted by molar-refractivity contribution is 9.08. The third-order valence-electron chi connectivity index (χ3n) is 2.12. The Hall–Kier alpha value is -0.900. The molecule has 15 heavy (non-hydrogen) atoms. The lowest BCUT2D eigenvalue weighted by atomic mass is 10.0. The van der Waals surface area contributed by atoms with Gasteiger partial charge in [-0.1, -0.05) is 22.0 Å². The lowest BCUT2D eigenvalue weighted by Crippen LogP contribution is -2.08. The molecule has 82 valence electrons. The number of ether oxygens (including phenoxy) is 1. The number of halogens is 2. The molecule has 0 fully saturated rings. The van der Waals surface area contributed by atoms with Crippen molar-refractivity contribution in [2.75, 3.05) is 7.11 Å². The first kappa shape index (κ1) is 12.2. The van der Waals surface area contributed by atoms with E-state index >= 15 is 0 Å². The zero-order valence-corrected chi connectivity index (χ0v) is 10.2. The van der Waals surface area contributed by atoms with Crippen molar-refractivity contribution in [3.05, 3.63) is 34.6 Å². The van der Waals surface area contributed by atoms with Crippen LogP contribution in [0.25, 0.3) is 0 Å². The van der Waals surface area contributed by atoms with E-state index in [1.54, 1.807) is 0 Å². The molecule has 1 rings (SSSR count). The zero-order chi connectivity index (χ0) is 11.4. The minimum Gasteiger partial charge on any atom is -0.469 e.